The van der Waals surface area contributed by atoms with Gasteiger partial charge in [-0.25, -0.2) is 9.18 Å². The molecular formula is C16H15FO2. The minimum atomic E-state index is -0.947. The van der Waals surface area contributed by atoms with Crippen molar-refractivity contribution in [1.82, 2.24) is 0 Å². The Morgan fingerprint density at radius 2 is 1.68 bits per heavy atom. The molecule has 2 rings (SSSR count). The zero-order valence-electron chi connectivity index (χ0n) is 11.1. The van der Waals surface area contributed by atoms with Crippen molar-refractivity contribution in [2.45, 2.75) is 20.8 Å². The van der Waals surface area contributed by atoms with Crippen LogP contribution < -0.4 is 0 Å². The first-order valence-corrected chi connectivity index (χ1v) is 6.02. The molecule has 0 atom stereocenters. The van der Waals surface area contributed by atoms with Crippen molar-refractivity contribution in [3.8, 4) is 11.1 Å². The smallest absolute Gasteiger partial charge is 0.335 e. The lowest BCUT2D eigenvalue weighted by molar-refractivity contribution is 0.0696. The van der Waals surface area contributed by atoms with E-state index >= 15 is 0 Å². The third-order valence-electron chi connectivity index (χ3n) is 3.33. The van der Waals surface area contributed by atoms with Crippen molar-refractivity contribution in [2.24, 2.45) is 0 Å². The van der Waals surface area contributed by atoms with Crippen molar-refractivity contribution < 1.29 is 14.3 Å². The molecule has 2 nitrogen and oxygen atoms in total. The van der Waals surface area contributed by atoms with Crippen LogP contribution in [0.5, 0.6) is 0 Å². The van der Waals surface area contributed by atoms with Gasteiger partial charge in [-0.15, -0.1) is 0 Å². The SMILES string of the molecule is Cc1cc(F)cc(C)c1-c1cccc(C(=O)O)c1C. The summed E-state index contributed by atoms with van der Waals surface area (Å²) in [6.45, 7) is 5.44. The molecule has 0 aliphatic rings. The summed E-state index contributed by atoms with van der Waals surface area (Å²) in [5.41, 5.74) is 4.34. The van der Waals surface area contributed by atoms with Crippen molar-refractivity contribution >= 4 is 5.97 Å². The Hall–Kier alpha value is -2.16. The largest absolute Gasteiger partial charge is 0.478 e. The zero-order chi connectivity index (χ0) is 14.2. The van der Waals surface area contributed by atoms with Crippen LogP contribution in [0.2, 0.25) is 0 Å². The van der Waals surface area contributed by atoms with Crippen molar-refractivity contribution in [2.75, 3.05) is 0 Å². The quantitative estimate of drug-likeness (QED) is 0.879. The second-order valence-electron chi connectivity index (χ2n) is 4.70. The molecule has 0 heterocycles. The van der Waals surface area contributed by atoms with Gasteiger partial charge in [0.2, 0.25) is 0 Å². The third-order valence-corrected chi connectivity index (χ3v) is 3.33. The van der Waals surface area contributed by atoms with E-state index in [2.05, 4.69) is 0 Å². The fourth-order valence-electron chi connectivity index (χ4n) is 2.47. The molecule has 0 amide bonds. The number of halogens is 1. The van der Waals surface area contributed by atoms with E-state index in [1.165, 1.54) is 12.1 Å². The molecule has 98 valence electrons. The summed E-state index contributed by atoms with van der Waals surface area (Å²) in [6, 6.07) is 8.10. The predicted octanol–water partition coefficient (Wildman–Crippen LogP) is 4.12. The molecule has 0 saturated heterocycles. The summed E-state index contributed by atoms with van der Waals surface area (Å²) in [5, 5.41) is 9.16. The number of hydrogen-bond acceptors (Lipinski definition) is 1. The lowest BCUT2D eigenvalue weighted by Gasteiger charge is -2.14. The van der Waals surface area contributed by atoms with Gasteiger partial charge in [-0.3, -0.25) is 0 Å². The summed E-state index contributed by atoms with van der Waals surface area (Å²) in [4.78, 5) is 11.2. The molecule has 0 fully saturated rings. The maximum Gasteiger partial charge on any atom is 0.335 e. The first-order chi connectivity index (χ1) is 8.91. The van der Waals surface area contributed by atoms with Crippen LogP contribution in [0.1, 0.15) is 27.0 Å². The van der Waals surface area contributed by atoms with Crippen LogP contribution in [0.25, 0.3) is 11.1 Å². The minimum absolute atomic E-state index is 0.272. The highest BCUT2D eigenvalue weighted by molar-refractivity contribution is 5.92. The van der Waals surface area contributed by atoms with Gasteiger partial charge >= 0.3 is 5.97 Å². The fraction of sp³-hybridized carbons (Fsp3) is 0.188. The molecule has 0 aliphatic carbocycles. The predicted molar refractivity (Wildman–Crippen MR) is 73.0 cm³/mol. The van der Waals surface area contributed by atoms with E-state index < -0.39 is 5.97 Å². The molecule has 0 aliphatic heterocycles. The molecule has 2 aromatic rings. The van der Waals surface area contributed by atoms with Gasteiger partial charge in [0.15, 0.2) is 0 Å². The second kappa shape index (κ2) is 4.84. The van der Waals surface area contributed by atoms with Crippen molar-refractivity contribution in [3.05, 3.63) is 58.4 Å². The van der Waals surface area contributed by atoms with Gasteiger partial charge in [-0.05, 0) is 66.8 Å². The van der Waals surface area contributed by atoms with Gasteiger partial charge in [0, 0.05) is 0 Å². The van der Waals surface area contributed by atoms with Gasteiger partial charge in [0.05, 0.1) is 5.56 Å². The summed E-state index contributed by atoms with van der Waals surface area (Å²) >= 11 is 0. The Labute approximate surface area is 111 Å². The number of carboxylic acid groups (broad SMARTS) is 1. The fourth-order valence-corrected chi connectivity index (χ4v) is 2.47. The number of benzene rings is 2. The molecule has 19 heavy (non-hydrogen) atoms. The topological polar surface area (TPSA) is 37.3 Å². The molecule has 0 radical (unpaired) electrons. The highest BCUT2D eigenvalue weighted by Crippen LogP contribution is 2.32. The Morgan fingerprint density at radius 3 is 2.21 bits per heavy atom. The van der Waals surface area contributed by atoms with Crippen LogP contribution in [-0.2, 0) is 0 Å². The second-order valence-corrected chi connectivity index (χ2v) is 4.70. The first-order valence-electron chi connectivity index (χ1n) is 6.02. The van der Waals surface area contributed by atoms with Crippen LogP contribution in [0.3, 0.4) is 0 Å². The van der Waals surface area contributed by atoms with Crippen LogP contribution in [0, 0.1) is 26.6 Å². The Kier molecular flexibility index (Phi) is 3.38. The van der Waals surface area contributed by atoms with Crippen LogP contribution >= 0.6 is 0 Å². The number of carbonyl (C=O) groups is 1. The van der Waals surface area contributed by atoms with Crippen LogP contribution in [-0.4, -0.2) is 11.1 Å². The molecule has 0 aromatic heterocycles. The van der Waals surface area contributed by atoms with Gasteiger partial charge < -0.3 is 5.11 Å². The molecule has 0 bridgehead atoms. The normalized spacial score (nSPS) is 10.5. The highest BCUT2D eigenvalue weighted by Gasteiger charge is 2.14. The third kappa shape index (κ3) is 2.36. The number of carboxylic acids is 1. The summed E-state index contributed by atoms with van der Waals surface area (Å²) in [6.07, 6.45) is 0. The van der Waals surface area contributed by atoms with Gasteiger partial charge in [-0.2, -0.15) is 0 Å². The van der Waals surface area contributed by atoms with Crippen LogP contribution in [0.4, 0.5) is 4.39 Å². The minimum Gasteiger partial charge on any atom is -0.478 e. The summed E-state index contributed by atoms with van der Waals surface area (Å²) < 4.78 is 13.3. The Bertz CT molecular complexity index is 637. The van der Waals surface area contributed by atoms with E-state index in [1.54, 1.807) is 19.1 Å². The monoisotopic (exact) mass is 258 g/mol. The molecular weight excluding hydrogens is 243 g/mol. The van der Waals surface area contributed by atoms with Crippen molar-refractivity contribution in [1.29, 1.82) is 0 Å². The van der Waals surface area contributed by atoms with Crippen LogP contribution in [0.15, 0.2) is 30.3 Å². The van der Waals surface area contributed by atoms with E-state index in [9.17, 15) is 9.18 Å². The number of hydrogen-bond donors (Lipinski definition) is 1. The number of aromatic carboxylic acids is 1. The van der Waals surface area contributed by atoms with E-state index in [0.29, 0.717) is 5.56 Å². The molecule has 1 N–H and O–H groups in total. The zero-order valence-corrected chi connectivity index (χ0v) is 11.1. The molecule has 3 heteroatoms. The lowest BCUT2D eigenvalue weighted by atomic mass is 9.90. The van der Waals surface area contributed by atoms with E-state index in [0.717, 1.165) is 22.3 Å². The molecule has 2 aromatic carbocycles. The van der Waals surface area contributed by atoms with E-state index in [4.69, 9.17) is 5.11 Å². The van der Waals surface area contributed by atoms with Crippen molar-refractivity contribution in [3.63, 3.8) is 0 Å². The average Bonchev–Trinajstić information content (AvgIpc) is 2.29. The summed E-state index contributed by atoms with van der Waals surface area (Å²) in [5.74, 6) is -1.22. The van der Waals surface area contributed by atoms with E-state index in [1.807, 2.05) is 19.9 Å². The highest BCUT2D eigenvalue weighted by atomic mass is 19.1. The maximum absolute atomic E-state index is 13.3. The molecule has 0 spiro atoms. The number of rotatable bonds is 2. The molecule has 0 saturated carbocycles. The van der Waals surface area contributed by atoms with Gasteiger partial charge in [0.25, 0.3) is 0 Å². The Balaban J connectivity index is 2.73. The number of aryl methyl sites for hydroxylation is 2. The first kappa shape index (κ1) is 13.3. The van der Waals surface area contributed by atoms with Gasteiger partial charge in [0.1, 0.15) is 5.82 Å². The summed E-state index contributed by atoms with van der Waals surface area (Å²) in [7, 11) is 0. The molecule has 0 unspecified atom stereocenters. The maximum atomic E-state index is 13.3. The standard InChI is InChI=1S/C16H15FO2/c1-9-7-12(17)8-10(2)15(9)13-5-4-6-14(11(13)3)16(18)19/h4-8H,1-3H3,(H,18,19). The van der Waals surface area contributed by atoms with Gasteiger partial charge in [-0.1, -0.05) is 12.1 Å². The average molecular weight is 258 g/mol. The Morgan fingerprint density at radius 1 is 1.11 bits per heavy atom. The lowest BCUT2D eigenvalue weighted by Crippen LogP contribution is -2.02. The van der Waals surface area contributed by atoms with E-state index in [-0.39, 0.29) is 11.4 Å².